The molecule has 2 heterocycles. The highest BCUT2D eigenvalue weighted by Crippen LogP contribution is 2.33. The molecule has 0 spiro atoms. The van der Waals surface area contributed by atoms with Crippen molar-refractivity contribution in [2.24, 2.45) is 0 Å². The van der Waals surface area contributed by atoms with Crippen LogP contribution in [0.4, 0.5) is 0 Å². The quantitative estimate of drug-likeness (QED) is 0.607. The van der Waals surface area contributed by atoms with Crippen LogP contribution < -0.4 is 0 Å². The van der Waals surface area contributed by atoms with Crippen molar-refractivity contribution in [1.29, 1.82) is 0 Å². The Labute approximate surface area is 123 Å². The fourth-order valence-electron chi connectivity index (χ4n) is 3.04. The van der Waals surface area contributed by atoms with E-state index in [-0.39, 0.29) is 0 Å². The number of nitrogens with zero attached hydrogens (tertiary/aromatic N) is 3. The van der Waals surface area contributed by atoms with Gasteiger partial charge >= 0.3 is 0 Å². The maximum Gasteiger partial charge on any atom is 0.146 e. The number of aromatic hydroxyl groups is 1. The molecule has 0 fully saturated rings. The largest absolute Gasteiger partial charge is 0.505 e. The number of hydrogen-bond donors (Lipinski definition) is 1. The highest BCUT2D eigenvalue weighted by molar-refractivity contribution is 5.79. The first kappa shape index (κ1) is 12.4. The molecule has 4 nitrogen and oxygen atoms in total. The van der Waals surface area contributed by atoms with Gasteiger partial charge in [-0.3, -0.25) is 0 Å². The number of para-hydroxylation sites is 2. The van der Waals surface area contributed by atoms with Crippen LogP contribution in [-0.4, -0.2) is 19.2 Å². The monoisotopic (exact) mass is 281 g/mol. The number of aryl methyl sites for hydroxylation is 2. The zero-order valence-electron chi connectivity index (χ0n) is 12.4. The molecule has 2 aromatic carbocycles. The van der Waals surface area contributed by atoms with Crippen molar-refractivity contribution in [1.82, 2.24) is 14.1 Å². The lowest BCUT2D eigenvalue weighted by molar-refractivity contribution is 0.463. The van der Waals surface area contributed by atoms with Crippen LogP contribution >= 0.6 is 0 Å². The van der Waals surface area contributed by atoms with Gasteiger partial charge in [-0.15, -0.1) is 14.1 Å². The minimum atomic E-state index is 0.411. The van der Waals surface area contributed by atoms with Crippen molar-refractivity contribution in [3.8, 4) is 11.4 Å². The number of phenolic OH excluding ortho intramolecular Hbond substituents is 1. The number of aromatic nitrogens is 3. The molecule has 21 heavy (non-hydrogen) atoms. The summed E-state index contributed by atoms with van der Waals surface area (Å²) in [7, 11) is 0. The molecule has 0 aliphatic rings. The molecule has 4 aromatic rings. The van der Waals surface area contributed by atoms with Gasteiger partial charge in [-0.05, 0) is 49.1 Å². The lowest BCUT2D eigenvalue weighted by atomic mass is 10.0. The molecule has 4 rings (SSSR count). The molecular weight excluding hydrogens is 262 g/mol. The van der Waals surface area contributed by atoms with Crippen LogP contribution in [0.25, 0.3) is 16.7 Å². The van der Waals surface area contributed by atoms with E-state index in [1.54, 1.807) is 0 Å². The Balaban J connectivity index is 1.84. The molecule has 2 aromatic heterocycles. The molecule has 0 unspecified atom stereocenters. The first-order valence-corrected chi connectivity index (χ1v) is 7.54. The number of fused-ring (bicyclic) bond motifs is 4. The van der Waals surface area contributed by atoms with E-state index in [9.17, 15) is 5.11 Å². The third-order valence-corrected chi connectivity index (χ3v) is 4.15. The number of rotatable bonds is 4. The van der Waals surface area contributed by atoms with Gasteiger partial charge in [0.2, 0.25) is 0 Å². The van der Waals surface area contributed by atoms with E-state index in [0.29, 0.717) is 5.75 Å². The molecule has 0 amide bonds. The predicted octanol–water partition coefficient (Wildman–Crippen LogP) is 3.78. The van der Waals surface area contributed by atoms with Crippen molar-refractivity contribution in [2.75, 3.05) is 0 Å². The highest BCUT2D eigenvalue weighted by atomic mass is 16.3. The average Bonchev–Trinajstić information content (AvgIpc) is 3.14. The first-order chi connectivity index (χ1) is 10.2. The summed E-state index contributed by atoms with van der Waals surface area (Å²) < 4.78 is 4.15. The van der Waals surface area contributed by atoms with E-state index in [1.807, 2.05) is 23.0 Å². The van der Waals surface area contributed by atoms with Crippen molar-refractivity contribution in [3.63, 3.8) is 0 Å². The Hall–Kier alpha value is -2.36. The summed E-state index contributed by atoms with van der Waals surface area (Å²) in [5, 5.41) is 10.6. The van der Waals surface area contributed by atoms with E-state index in [2.05, 4.69) is 41.3 Å². The third kappa shape index (κ3) is 1.68. The lowest BCUT2D eigenvalue weighted by Gasteiger charge is -2.08. The Morgan fingerprint density at radius 2 is 1.71 bits per heavy atom. The van der Waals surface area contributed by atoms with Crippen molar-refractivity contribution >= 4 is 11.0 Å². The summed E-state index contributed by atoms with van der Waals surface area (Å²) in [5.74, 6) is 0.411. The molecule has 1 N–H and O–H groups in total. The van der Waals surface area contributed by atoms with Crippen LogP contribution in [0.2, 0.25) is 0 Å². The SMILES string of the molecule is CCCCc1cc(C)cc(-n2n3c4ccccc4n23)c1O. The maximum atomic E-state index is 10.6. The molecule has 0 bridgehead atoms. The zero-order chi connectivity index (χ0) is 14.6. The zero-order valence-corrected chi connectivity index (χ0v) is 12.4. The molecule has 0 aliphatic carbocycles. The van der Waals surface area contributed by atoms with Gasteiger partial charge in [0.1, 0.15) is 22.5 Å². The van der Waals surface area contributed by atoms with E-state index in [4.69, 9.17) is 0 Å². The standard InChI is InChI=1S/C17H19N3O/c1-3-4-7-13-10-12(2)11-16(17(13)21)20-18-14-8-5-6-9-15(14)19(18)20/h5-6,8-11,21H,3-4,7H2,1-2H3. The second kappa shape index (κ2) is 4.32. The van der Waals surface area contributed by atoms with Gasteiger partial charge in [-0.25, -0.2) is 0 Å². The summed E-state index contributed by atoms with van der Waals surface area (Å²) in [6.07, 6.45) is 3.16. The molecule has 0 saturated carbocycles. The second-order valence-electron chi connectivity index (χ2n) is 5.75. The number of unbranched alkanes of at least 4 members (excludes halogenated alkanes) is 1. The van der Waals surface area contributed by atoms with Crippen LogP contribution in [0.5, 0.6) is 5.75 Å². The van der Waals surface area contributed by atoms with E-state index >= 15 is 0 Å². The predicted molar refractivity (Wildman–Crippen MR) is 83.9 cm³/mol. The minimum Gasteiger partial charge on any atom is -0.505 e. The van der Waals surface area contributed by atoms with Crippen molar-refractivity contribution in [2.45, 2.75) is 33.1 Å². The van der Waals surface area contributed by atoms with Gasteiger partial charge in [-0.2, -0.15) is 0 Å². The Morgan fingerprint density at radius 1 is 1.05 bits per heavy atom. The number of phenols is 1. The molecule has 0 radical (unpaired) electrons. The number of benzene rings is 2. The summed E-state index contributed by atoms with van der Waals surface area (Å²) in [4.78, 5) is 2.03. The minimum absolute atomic E-state index is 0.411. The molecule has 0 saturated heterocycles. The van der Waals surface area contributed by atoms with Crippen LogP contribution in [0.15, 0.2) is 36.4 Å². The topological polar surface area (TPSA) is 34.0 Å². The Morgan fingerprint density at radius 3 is 2.33 bits per heavy atom. The van der Waals surface area contributed by atoms with Crippen LogP contribution in [-0.2, 0) is 6.42 Å². The highest BCUT2D eigenvalue weighted by Gasteiger charge is 2.26. The van der Waals surface area contributed by atoms with E-state index in [0.717, 1.165) is 30.5 Å². The number of hydrogen-bond acceptors (Lipinski definition) is 1. The molecular formula is C17H19N3O. The molecule has 0 aliphatic heterocycles. The van der Waals surface area contributed by atoms with Crippen molar-refractivity contribution < 1.29 is 5.11 Å². The van der Waals surface area contributed by atoms with Crippen LogP contribution in [0.1, 0.15) is 30.9 Å². The van der Waals surface area contributed by atoms with Crippen LogP contribution in [0.3, 0.4) is 0 Å². The van der Waals surface area contributed by atoms with Crippen molar-refractivity contribution in [3.05, 3.63) is 47.5 Å². The summed E-state index contributed by atoms with van der Waals surface area (Å²) >= 11 is 0. The van der Waals surface area contributed by atoms with E-state index < -0.39 is 0 Å². The van der Waals surface area contributed by atoms with Gasteiger partial charge in [0.25, 0.3) is 0 Å². The average molecular weight is 281 g/mol. The third-order valence-electron chi connectivity index (χ3n) is 4.15. The van der Waals surface area contributed by atoms with Gasteiger partial charge in [0.05, 0.1) is 0 Å². The van der Waals surface area contributed by atoms with E-state index in [1.165, 1.54) is 16.6 Å². The smallest absolute Gasteiger partial charge is 0.146 e. The summed E-state index contributed by atoms with van der Waals surface area (Å²) in [5.41, 5.74) is 5.48. The lowest BCUT2D eigenvalue weighted by Crippen LogP contribution is -1.94. The fraction of sp³-hybridized carbons (Fsp3) is 0.294. The van der Waals surface area contributed by atoms with Gasteiger partial charge in [0, 0.05) is 0 Å². The summed E-state index contributed by atoms with van der Waals surface area (Å²) in [6.45, 7) is 4.26. The second-order valence-corrected chi connectivity index (χ2v) is 5.75. The molecule has 4 heteroatoms. The molecule has 108 valence electrons. The molecule has 0 atom stereocenters. The Kier molecular flexibility index (Phi) is 2.55. The Bertz CT molecular complexity index is 867. The van der Waals surface area contributed by atoms with Gasteiger partial charge < -0.3 is 5.11 Å². The maximum absolute atomic E-state index is 10.6. The van der Waals surface area contributed by atoms with Crippen LogP contribution in [0, 0.1) is 6.92 Å². The van der Waals surface area contributed by atoms with Gasteiger partial charge in [0.15, 0.2) is 0 Å². The first-order valence-electron chi connectivity index (χ1n) is 7.54. The normalized spacial score (nSPS) is 12.1. The fourth-order valence-corrected chi connectivity index (χ4v) is 3.04. The summed E-state index contributed by atoms with van der Waals surface area (Å²) in [6, 6.07) is 12.4. The van der Waals surface area contributed by atoms with Gasteiger partial charge in [-0.1, -0.05) is 31.5 Å².